The zero-order valence-electron chi connectivity index (χ0n) is 14.6. The molecule has 2 amide bonds. The van der Waals surface area contributed by atoms with Gasteiger partial charge in [0.15, 0.2) is 0 Å². The summed E-state index contributed by atoms with van der Waals surface area (Å²) in [7, 11) is 0. The number of benzene rings is 3. The molecule has 138 valence electrons. The second-order valence-electron chi connectivity index (χ2n) is 6.06. The average Bonchev–Trinajstić information content (AvgIpc) is 3.09. The van der Waals surface area contributed by atoms with Crippen molar-refractivity contribution in [2.45, 2.75) is 0 Å². The second-order valence-corrected chi connectivity index (χ2v) is 6.06. The van der Waals surface area contributed by atoms with Crippen LogP contribution in [-0.4, -0.2) is 11.8 Å². The van der Waals surface area contributed by atoms with Crippen LogP contribution in [0.1, 0.15) is 20.9 Å². The van der Waals surface area contributed by atoms with E-state index in [0.717, 1.165) is 0 Å². The number of halogens is 1. The Balaban J connectivity index is 1.72. The van der Waals surface area contributed by atoms with Gasteiger partial charge in [0.1, 0.15) is 17.1 Å². The lowest BCUT2D eigenvalue weighted by Crippen LogP contribution is -2.17. The predicted molar refractivity (Wildman–Crippen MR) is 105 cm³/mol. The van der Waals surface area contributed by atoms with Crippen LogP contribution >= 0.6 is 0 Å². The van der Waals surface area contributed by atoms with E-state index >= 15 is 0 Å². The van der Waals surface area contributed by atoms with Crippen molar-refractivity contribution in [3.63, 3.8) is 0 Å². The highest BCUT2D eigenvalue weighted by Crippen LogP contribution is 2.32. The Hall–Kier alpha value is -3.93. The standard InChI is InChI=1S/C22H15FN2O3/c23-16-11-5-6-12-17(16)24-22(27)20-19(15-10-4-7-13-18(15)28-20)25-21(26)14-8-2-1-3-9-14/h1-13H,(H,24,27)(H,25,26). The Bertz CT molecular complexity index is 1170. The molecule has 4 aromatic rings. The molecule has 5 nitrogen and oxygen atoms in total. The third-order valence-corrected chi connectivity index (χ3v) is 4.20. The van der Waals surface area contributed by atoms with Crippen molar-refractivity contribution in [3.8, 4) is 0 Å². The zero-order chi connectivity index (χ0) is 19.5. The molecule has 6 heteroatoms. The van der Waals surface area contributed by atoms with E-state index in [1.807, 2.05) is 0 Å². The summed E-state index contributed by atoms with van der Waals surface area (Å²) >= 11 is 0. The maximum Gasteiger partial charge on any atom is 0.293 e. The van der Waals surface area contributed by atoms with Crippen LogP contribution in [0.5, 0.6) is 0 Å². The molecule has 1 aromatic heterocycles. The highest BCUT2D eigenvalue weighted by atomic mass is 19.1. The molecule has 0 saturated heterocycles. The molecule has 0 bridgehead atoms. The fourth-order valence-corrected chi connectivity index (χ4v) is 2.85. The Morgan fingerprint density at radius 2 is 1.43 bits per heavy atom. The molecule has 4 rings (SSSR count). The molecule has 28 heavy (non-hydrogen) atoms. The molecule has 0 radical (unpaired) electrons. The number of carbonyl (C=O) groups excluding carboxylic acids is 2. The SMILES string of the molecule is O=C(Nc1c(C(=O)Nc2ccccc2F)oc2ccccc12)c1ccccc1. The number of furan rings is 1. The Morgan fingerprint density at radius 1 is 0.750 bits per heavy atom. The lowest BCUT2D eigenvalue weighted by Gasteiger charge is -2.08. The van der Waals surface area contributed by atoms with Gasteiger partial charge in [-0.1, -0.05) is 42.5 Å². The van der Waals surface area contributed by atoms with Gasteiger partial charge < -0.3 is 15.1 Å². The minimum atomic E-state index is -0.662. The molecule has 0 aliphatic heterocycles. The van der Waals surface area contributed by atoms with Crippen molar-refractivity contribution >= 4 is 34.2 Å². The first kappa shape index (κ1) is 17.5. The number of fused-ring (bicyclic) bond motifs is 1. The van der Waals surface area contributed by atoms with E-state index < -0.39 is 11.7 Å². The van der Waals surface area contributed by atoms with Crippen LogP contribution < -0.4 is 10.6 Å². The van der Waals surface area contributed by atoms with Gasteiger partial charge in [-0.2, -0.15) is 0 Å². The number of rotatable bonds is 4. The number of carbonyl (C=O) groups is 2. The molecule has 3 aromatic carbocycles. The van der Waals surface area contributed by atoms with Gasteiger partial charge in [0, 0.05) is 10.9 Å². The molecular weight excluding hydrogens is 359 g/mol. The number of anilines is 2. The summed E-state index contributed by atoms with van der Waals surface area (Å²) in [6.07, 6.45) is 0. The quantitative estimate of drug-likeness (QED) is 0.523. The van der Waals surface area contributed by atoms with E-state index in [9.17, 15) is 14.0 Å². The van der Waals surface area contributed by atoms with Gasteiger partial charge in [-0.15, -0.1) is 0 Å². The molecule has 1 heterocycles. The van der Waals surface area contributed by atoms with Gasteiger partial charge in [0.25, 0.3) is 11.8 Å². The van der Waals surface area contributed by atoms with E-state index in [2.05, 4.69) is 10.6 Å². The van der Waals surface area contributed by atoms with Crippen molar-refractivity contribution in [3.05, 3.63) is 96.0 Å². The number of hydrogen-bond donors (Lipinski definition) is 2. The van der Waals surface area contributed by atoms with E-state index in [1.165, 1.54) is 18.2 Å². The summed E-state index contributed by atoms with van der Waals surface area (Å²) in [6.45, 7) is 0. The minimum Gasteiger partial charge on any atom is -0.449 e. The number of amides is 2. The fraction of sp³-hybridized carbons (Fsp3) is 0. The lowest BCUT2D eigenvalue weighted by molar-refractivity contribution is 0.0999. The Labute approximate surface area is 159 Å². The maximum absolute atomic E-state index is 13.9. The van der Waals surface area contributed by atoms with Gasteiger partial charge in [-0.3, -0.25) is 9.59 Å². The first-order valence-electron chi connectivity index (χ1n) is 8.57. The fourth-order valence-electron chi connectivity index (χ4n) is 2.85. The van der Waals surface area contributed by atoms with Crippen molar-refractivity contribution in [2.24, 2.45) is 0 Å². The molecule has 0 saturated carbocycles. The van der Waals surface area contributed by atoms with E-state index in [0.29, 0.717) is 16.5 Å². The first-order chi connectivity index (χ1) is 13.6. The molecule has 0 fully saturated rings. The minimum absolute atomic E-state index is 0.0216. The third kappa shape index (κ3) is 3.35. The van der Waals surface area contributed by atoms with Crippen LogP contribution in [0.3, 0.4) is 0 Å². The molecule has 2 N–H and O–H groups in total. The summed E-state index contributed by atoms with van der Waals surface area (Å²) < 4.78 is 19.5. The Kier molecular flexibility index (Phi) is 4.60. The van der Waals surface area contributed by atoms with Crippen LogP contribution in [0.15, 0.2) is 83.3 Å². The van der Waals surface area contributed by atoms with Crippen LogP contribution in [0.2, 0.25) is 0 Å². The summed E-state index contributed by atoms with van der Waals surface area (Å²) in [5, 5.41) is 5.80. The monoisotopic (exact) mass is 374 g/mol. The van der Waals surface area contributed by atoms with Gasteiger partial charge in [-0.05, 0) is 36.4 Å². The van der Waals surface area contributed by atoms with Crippen molar-refractivity contribution < 1.29 is 18.4 Å². The summed E-state index contributed by atoms with van der Waals surface area (Å²) in [5.41, 5.74) is 1.13. The molecule has 0 aliphatic carbocycles. The normalized spacial score (nSPS) is 10.6. The number of para-hydroxylation sites is 2. The topological polar surface area (TPSA) is 71.3 Å². The van der Waals surface area contributed by atoms with Crippen molar-refractivity contribution in [2.75, 3.05) is 10.6 Å². The largest absolute Gasteiger partial charge is 0.449 e. The highest BCUT2D eigenvalue weighted by Gasteiger charge is 2.23. The van der Waals surface area contributed by atoms with E-state index in [-0.39, 0.29) is 23.0 Å². The highest BCUT2D eigenvalue weighted by molar-refractivity contribution is 6.16. The molecule has 0 unspecified atom stereocenters. The molecule has 0 spiro atoms. The average molecular weight is 374 g/mol. The van der Waals surface area contributed by atoms with Gasteiger partial charge in [0.2, 0.25) is 5.76 Å². The predicted octanol–water partition coefficient (Wildman–Crippen LogP) is 5.08. The van der Waals surface area contributed by atoms with Gasteiger partial charge in [0.05, 0.1) is 5.69 Å². The summed E-state index contributed by atoms with van der Waals surface area (Å²) in [6, 6.07) is 21.4. The summed E-state index contributed by atoms with van der Waals surface area (Å²) in [4.78, 5) is 25.4. The van der Waals surface area contributed by atoms with Crippen molar-refractivity contribution in [1.82, 2.24) is 0 Å². The molecular formula is C22H15FN2O3. The second kappa shape index (κ2) is 7.36. The molecule has 0 aliphatic rings. The number of nitrogens with one attached hydrogen (secondary N) is 2. The smallest absolute Gasteiger partial charge is 0.293 e. The van der Waals surface area contributed by atoms with Crippen LogP contribution in [0, 0.1) is 5.82 Å². The maximum atomic E-state index is 13.9. The number of hydrogen-bond acceptors (Lipinski definition) is 3. The van der Waals surface area contributed by atoms with E-state index in [4.69, 9.17) is 4.42 Å². The first-order valence-corrected chi connectivity index (χ1v) is 8.57. The summed E-state index contributed by atoms with van der Waals surface area (Å²) in [5.74, 6) is -1.72. The lowest BCUT2D eigenvalue weighted by atomic mass is 10.1. The van der Waals surface area contributed by atoms with E-state index in [1.54, 1.807) is 60.7 Å². The van der Waals surface area contributed by atoms with Crippen LogP contribution in [0.25, 0.3) is 11.0 Å². The van der Waals surface area contributed by atoms with Crippen LogP contribution in [-0.2, 0) is 0 Å². The van der Waals surface area contributed by atoms with Crippen molar-refractivity contribution in [1.29, 1.82) is 0 Å². The van der Waals surface area contributed by atoms with Gasteiger partial charge in [-0.25, -0.2) is 4.39 Å². The third-order valence-electron chi connectivity index (χ3n) is 4.20. The molecule has 0 atom stereocenters. The Morgan fingerprint density at radius 3 is 2.21 bits per heavy atom. The zero-order valence-corrected chi connectivity index (χ0v) is 14.6. The van der Waals surface area contributed by atoms with Crippen LogP contribution in [0.4, 0.5) is 15.8 Å². The van der Waals surface area contributed by atoms with Gasteiger partial charge >= 0.3 is 0 Å².